The predicted molar refractivity (Wildman–Crippen MR) is 194 cm³/mol. The van der Waals surface area contributed by atoms with Gasteiger partial charge in [0.2, 0.25) is 0 Å². The van der Waals surface area contributed by atoms with Crippen LogP contribution >= 0.6 is 11.3 Å². The molecule has 0 spiro atoms. The van der Waals surface area contributed by atoms with Gasteiger partial charge in [-0.1, -0.05) is 115 Å². The van der Waals surface area contributed by atoms with Gasteiger partial charge in [0.25, 0.3) is 0 Å². The number of benzene rings is 7. The van der Waals surface area contributed by atoms with Crippen molar-refractivity contribution in [3.63, 3.8) is 0 Å². The molecule has 0 atom stereocenters. The summed E-state index contributed by atoms with van der Waals surface area (Å²) in [6.07, 6.45) is 0. The SMILES string of the molecule is c1ccc(N(c2ccccc2-c2cccc(-n3c4ccccc4c4ccccc43)c2)c2cccc3c2sc2ccccc23)cc1. The van der Waals surface area contributed by atoms with E-state index in [1.807, 2.05) is 11.3 Å². The number of thiophene rings is 1. The summed E-state index contributed by atoms with van der Waals surface area (Å²) in [6, 6.07) is 61.3. The number of hydrogen-bond acceptors (Lipinski definition) is 2. The summed E-state index contributed by atoms with van der Waals surface area (Å²) in [6.45, 7) is 0. The van der Waals surface area contributed by atoms with Gasteiger partial charge >= 0.3 is 0 Å². The van der Waals surface area contributed by atoms with Crippen LogP contribution in [0.4, 0.5) is 17.1 Å². The summed E-state index contributed by atoms with van der Waals surface area (Å²) < 4.78 is 4.99. The van der Waals surface area contributed by atoms with Crippen molar-refractivity contribution in [2.24, 2.45) is 0 Å². The molecule has 0 amide bonds. The highest BCUT2D eigenvalue weighted by Crippen LogP contribution is 2.47. The molecule has 0 bridgehead atoms. The lowest BCUT2D eigenvalue weighted by atomic mass is 10.0. The van der Waals surface area contributed by atoms with Gasteiger partial charge in [-0.05, 0) is 60.2 Å². The lowest BCUT2D eigenvalue weighted by Gasteiger charge is -2.28. The van der Waals surface area contributed by atoms with Crippen LogP contribution in [0.3, 0.4) is 0 Å². The van der Waals surface area contributed by atoms with E-state index < -0.39 is 0 Å². The average Bonchev–Trinajstić information content (AvgIpc) is 3.66. The van der Waals surface area contributed by atoms with Crippen molar-refractivity contribution in [3.05, 3.63) is 170 Å². The Labute approximate surface area is 265 Å². The Morgan fingerprint density at radius 3 is 1.84 bits per heavy atom. The van der Waals surface area contributed by atoms with Crippen molar-refractivity contribution >= 4 is 70.4 Å². The molecule has 0 unspecified atom stereocenters. The number of fused-ring (bicyclic) bond motifs is 6. The zero-order chi connectivity index (χ0) is 29.7. The van der Waals surface area contributed by atoms with E-state index in [1.165, 1.54) is 58.8 Å². The van der Waals surface area contributed by atoms with Gasteiger partial charge in [0.05, 0.1) is 27.1 Å². The minimum absolute atomic E-state index is 1.13. The van der Waals surface area contributed by atoms with Crippen LogP contribution in [-0.4, -0.2) is 4.57 Å². The molecule has 45 heavy (non-hydrogen) atoms. The summed E-state index contributed by atoms with van der Waals surface area (Å²) in [5.74, 6) is 0. The first-order valence-electron chi connectivity index (χ1n) is 15.3. The minimum Gasteiger partial charge on any atom is -0.309 e. The van der Waals surface area contributed by atoms with Gasteiger partial charge < -0.3 is 9.47 Å². The first-order chi connectivity index (χ1) is 22.3. The predicted octanol–water partition coefficient (Wildman–Crippen LogP) is 12.3. The fourth-order valence-electron chi connectivity index (χ4n) is 6.82. The van der Waals surface area contributed by atoms with E-state index in [-0.39, 0.29) is 0 Å². The van der Waals surface area contributed by atoms with E-state index in [0.29, 0.717) is 0 Å². The smallest absolute Gasteiger partial charge is 0.0640 e. The molecule has 2 aromatic heterocycles. The van der Waals surface area contributed by atoms with Crippen LogP contribution in [0.2, 0.25) is 0 Å². The topological polar surface area (TPSA) is 8.17 Å². The third-order valence-electron chi connectivity index (χ3n) is 8.78. The highest BCUT2D eigenvalue weighted by molar-refractivity contribution is 7.26. The second kappa shape index (κ2) is 10.5. The summed E-state index contributed by atoms with van der Waals surface area (Å²) in [4.78, 5) is 2.43. The van der Waals surface area contributed by atoms with Gasteiger partial charge in [0.1, 0.15) is 0 Å². The second-order valence-electron chi connectivity index (χ2n) is 11.4. The molecule has 9 aromatic rings. The summed E-state index contributed by atoms with van der Waals surface area (Å²) in [7, 11) is 0. The molecule has 0 saturated heterocycles. The summed E-state index contributed by atoms with van der Waals surface area (Å²) in [5, 5.41) is 5.13. The molecule has 0 aliphatic heterocycles. The molecular formula is C42H28N2S. The van der Waals surface area contributed by atoms with Crippen molar-refractivity contribution in [2.45, 2.75) is 0 Å². The van der Waals surface area contributed by atoms with Gasteiger partial charge in [0, 0.05) is 43.2 Å². The fourth-order valence-corrected chi connectivity index (χ4v) is 8.03. The molecule has 0 fully saturated rings. The number of para-hydroxylation sites is 4. The summed E-state index contributed by atoms with van der Waals surface area (Å²) in [5.41, 5.74) is 9.40. The Morgan fingerprint density at radius 1 is 0.444 bits per heavy atom. The van der Waals surface area contributed by atoms with Crippen LogP contribution in [0.1, 0.15) is 0 Å². The van der Waals surface area contributed by atoms with Crippen molar-refractivity contribution < 1.29 is 0 Å². The zero-order valence-electron chi connectivity index (χ0n) is 24.5. The maximum absolute atomic E-state index is 2.43. The lowest BCUT2D eigenvalue weighted by Crippen LogP contribution is -2.11. The normalized spacial score (nSPS) is 11.6. The standard InChI is InChI=1S/C42H28N2S/c1-2-15-30(16-3-1)43(40-26-13-22-36-35-21-7-11-27-41(35)45-42(36)40)37-23-8-4-18-32(37)29-14-12-17-31(28-29)44-38-24-9-5-19-33(38)34-20-6-10-25-39(34)44/h1-28H. The number of rotatable bonds is 5. The number of hydrogen-bond donors (Lipinski definition) is 0. The molecule has 2 nitrogen and oxygen atoms in total. The van der Waals surface area contributed by atoms with Crippen LogP contribution in [0, 0.1) is 0 Å². The van der Waals surface area contributed by atoms with E-state index in [9.17, 15) is 0 Å². The molecule has 212 valence electrons. The largest absolute Gasteiger partial charge is 0.309 e. The molecule has 3 heteroatoms. The first-order valence-corrected chi connectivity index (χ1v) is 16.1. The Hall–Kier alpha value is -5.64. The minimum atomic E-state index is 1.13. The van der Waals surface area contributed by atoms with E-state index in [0.717, 1.165) is 17.1 Å². The fraction of sp³-hybridized carbons (Fsp3) is 0. The van der Waals surface area contributed by atoms with Gasteiger partial charge in [-0.3, -0.25) is 0 Å². The molecule has 0 aliphatic carbocycles. The first kappa shape index (κ1) is 25.8. The second-order valence-corrected chi connectivity index (χ2v) is 12.4. The number of anilines is 3. The molecule has 0 radical (unpaired) electrons. The van der Waals surface area contributed by atoms with Crippen molar-refractivity contribution in [1.29, 1.82) is 0 Å². The maximum Gasteiger partial charge on any atom is 0.0640 e. The third-order valence-corrected chi connectivity index (χ3v) is 9.99. The molecule has 7 aromatic carbocycles. The molecule has 0 saturated carbocycles. The Bertz CT molecular complexity index is 2450. The van der Waals surface area contributed by atoms with Crippen LogP contribution in [0.5, 0.6) is 0 Å². The van der Waals surface area contributed by atoms with Gasteiger partial charge in [-0.15, -0.1) is 11.3 Å². The van der Waals surface area contributed by atoms with E-state index in [4.69, 9.17) is 0 Å². The monoisotopic (exact) mass is 592 g/mol. The highest BCUT2D eigenvalue weighted by atomic mass is 32.1. The lowest BCUT2D eigenvalue weighted by molar-refractivity contribution is 1.18. The molecule has 2 heterocycles. The quantitative estimate of drug-likeness (QED) is 0.193. The zero-order valence-corrected chi connectivity index (χ0v) is 25.3. The van der Waals surface area contributed by atoms with E-state index >= 15 is 0 Å². The number of nitrogens with zero attached hydrogens (tertiary/aromatic N) is 2. The molecule has 9 rings (SSSR count). The van der Waals surface area contributed by atoms with Gasteiger partial charge in [-0.2, -0.15) is 0 Å². The maximum atomic E-state index is 2.43. The highest BCUT2D eigenvalue weighted by Gasteiger charge is 2.21. The van der Waals surface area contributed by atoms with Crippen molar-refractivity contribution in [3.8, 4) is 16.8 Å². The van der Waals surface area contributed by atoms with Crippen LogP contribution in [0.25, 0.3) is 58.8 Å². The van der Waals surface area contributed by atoms with Crippen LogP contribution in [-0.2, 0) is 0 Å². The third kappa shape index (κ3) is 4.16. The Morgan fingerprint density at radius 2 is 1.04 bits per heavy atom. The van der Waals surface area contributed by atoms with E-state index in [2.05, 4.69) is 179 Å². The Balaban J connectivity index is 1.27. The molecule has 0 N–H and O–H groups in total. The molecule has 0 aliphatic rings. The number of aromatic nitrogens is 1. The van der Waals surface area contributed by atoms with Crippen LogP contribution in [0.15, 0.2) is 170 Å². The Kier molecular flexibility index (Phi) is 6.03. The van der Waals surface area contributed by atoms with E-state index in [1.54, 1.807) is 0 Å². The summed E-state index contributed by atoms with van der Waals surface area (Å²) >= 11 is 1.87. The van der Waals surface area contributed by atoms with Crippen LogP contribution < -0.4 is 4.90 Å². The molecular weight excluding hydrogens is 565 g/mol. The van der Waals surface area contributed by atoms with Crippen molar-refractivity contribution in [2.75, 3.05) is 4.90 Å². The van der Waals surface area contributed by atoms with Crippen molar-refractivity contribution in [1.82, 2.24) is 4.57 Å². The average molecular weight is 593 g/mol. The van der Waals surface area contributed by atoms with Gasteiger partial charge in [0.15, 0.2) is 0 Å². The van der Waals surface area contributed by atoms with Gasteiger partial charge in [-0.25, -0.2) is 0 Å².